The fourth-order valence-corrected chi connectivity index (χ4v) is 2.69. The average molecular weight is 390 g/mol. The number of hydrogen-bond donors (Lipinski definition) is 4. The van der Waals surface area contributed by atoms with Crippen LogP contribution in [-0.2, 0) is 4.79 Å². The quantitative estimate of drug-likeness (QED) is 0.412. The van der Waals surface area contributed by atoms with Crippen molar-refractivity contribution >= 4 is 12.0 Å². The van der Waals surface area contributed by atoms with E-state index in [4.69, 9.17) is 5.21 Å². The van der Waals surface area contributed by atoms with Crippen molar-refractivity contribution in [3.8, 4) is 11.1 Å². The minimum atomic E-state index is -3.20. The van der Waals surface area contributed by atoms with E-state index in [0.29, 0.717) is 0 Å². The molecule has 0 aliphatic carbocycles. The van der Waals surface area contributed by atoms with Crippen LogP contribution in [0.25, 0.3) is 17.2 Å². The summed E-state index contributed by atoms with van der Waals surface area (Å²) in [6.45, 7) is 1.96. The fourth-order valence-electron chi connectivity index (χ4n) is 2.69. The molecule has 2 aromatic rings. The molecule has 0 aliphatic rings. The largest absolute Gasteiger partial charge is 0.382 e. The Morgan fingerprint density at radius 1 is 1.07 bits per heavy atom. The van der Waals surface area contributed by atoms with Crippen LogP contribution in [0.3, 0.4) is 0 Å². The van der Waals surface area contributed by atoms with Crippen LogP contribution in [0.2, 0.25) is 0 Å². The highest BCUT2D eigenvalue weighted by Gasteiger charge is 2.54. The van der Waals surface area contributed by atoms with Gasteiger partial charge in [-0.3, -0.25) is 15.3 Å². The second kappa shape index (κ2) is 9.05. The van der Waals surface area contributed by atoms with Crippen molar-refractivity contribution in [3.05, 3.63) is 66.2 Å². The summed E-state index contributed by atoms with van der Waals surface area (Å²) >= 11 is 0. The van der Waals surface area contributed by atoms with Crippen molar-refractivity contribution in [2.24, 2.45) is 0 Å². The minimum absolute atomic E-state index is 0.0211. The minimum Gasteiger partial charge on any atom is -0.382 e. The number of carbonyl (C=O) groups excluding carboxylic acids is 1. The standard InChI is InChI=1S/C21H24F2N2O3/c1-20(19(26)25-28,21(2,27)18(22)23)24-14-6-7-15-10-12-17(13-11-15)16-8-4-3-5-9-16/h3-13,18,24,27-28H,14H2,1-2H3,(H,25,26)/b7-6+. The molecule has 0 spiro atoms. The lowest BCUT2D eigenvalue weighted by Gasteiger charge is -2.40. The van der Waals surface area contributed by atoms with Gasteiger partial charge < -0.3 is 5.11 Å². The summed E-state index contributed by atoms with van der Waals surface area (Å²) < 4.78 is 26.4. The van der Waals surface area contributed by atoms with Crippen LogP contribution in [0, 0.1) is 0 Å². The van der Waals surface area contributed by atoms with Gasteiger partial charge in [-0.25, -0.2) is 14.3 Å². The molecular weight excluding hydrogens is 366 g/mol. The molecule has 0 bridgehead atoms. The lowest BCUT2D eigenvalue weighted by molar-refractivity contribution is -0.166. The number of carbonyl (C=O) groups is 1. The lowest BCUT2D eigenvalue weighted by atomic mass is 9.81. The molecule has 0 aliphatic heterocycles. The Hall–Kier alpha value is -2.61. The first-order valence-electron chi connectivity index (χ1n) is 8.74. The third kappa shape index (κ3) is 4.62. The highest BCUT2D eigenvalue weighted by atomic mass is 19.3. The molecule has 0 radical (unpaired) electrons. The molecule has 2 rings (SSSR count). The Bertz CT molecular complexity index is 808. The number of nitrogens with one attached hydrogen (secondary N) is 2. The smallest absolute Gasteiger partial charge is 0.268 e. The summed E-state index contributed by atoms with van der Waals surface area (Å²) in [5, 5.41) is 21.5. The summed E-state index contributed by atoms with van der Waals surface area (Å²) in [5.41, 5.74) is -0.414. The number of amides is 1. The van der Waals surface area contributed by atoms with Crippen LogP contribution in [0.1, 0.15) is 19.4 Å². The lowest BCUT2D eigenvalue weighted by Crippen LogP contribution is -2.69. The highest BCUT2D eigenvalue weighted by molar-refractivity contribution is 5.86. The Kier molecular flexibility index (Phi) is 7.01. The number of aliphatic hydroxyl groups is 1. The van der Waals surface area contributed by atoms with E-state index >= 15 is 0 Å². The summed E-state index contributed by atoms with van der Waals surface area (Å²) in [6, 6.07) is 17.6. The SMILES string of the molecule is CC(NC/C=C/c1ccc(-c2ccccc2)cc1)(C(=O)NO)C(C)(O)C(F)F. The normalized spacial score (nSPS) is 16.0. The Morgan fingerprint density at radius 3 is 2.18 bits per heavy atom. The first-order chi connectivity index (χ1) is 13.2. The van der Waals surface area contributed by atoms with Crippen molar-refractivity contribution in [3.63, 3.8) is 0 Å². The van der Waals surface area contributed by atoms with E-state index in [0.717, 1.165) is 30.5 Å². The molecule has 0 fully saturated rings. The molecule has 0 saturated carbocycles. The molecule has 28 heavy (non-hydrogen) atoms. The monoisotopic (exact) mass is 390 g/mol. The van der Waals surface area contributed by atoms with Crippen molar-refractivity contribution in [1.29, 1.82) is 0 Å². The zero-order chi connectivity index (χ0) is 20.8. The van der Waals surface area contributed by atoms with Gasteiger partial charge in [-0.05, 0) is 30.5 Å². The molecule has 150 valence electrons. The van der Waals surface area contributed by atoms with Crippen LogP contribution in [0.4, 0.5) is 8.78 Å². The van der Waals surface area contributed by atoms with Gasteiger partial charge in [0, 0.05) is 6.54 Å². The third-order valence-corrected chi connectivity index (χ3v) is 4.89. The second-order valence-electron chi connectivity index (χ2n) is 6.79. The van der Waals surface area contributed by atoms with E-state index in [1.165, 1.54) is 5.48 Å². The molecule has 1 amide bonds. The van der Waals surface area contributed by atoms with E-state index in [1.54, 1.807) is 12.2 Å². The maximum absolute atomic E-state index is 13.2. The Morgan fingerprint density at radius 2 is 1.64 bits per heavy atom. The van der Waals surface area contributed by atoms with Gasteiger partial charge in [0.2, 0.25) is 0 Å². The predicted molar refractivity (Wildman–Crippen MR) is 104 cm³/mol. The van der Waals surface area contributed by atoms with Gasteiger partial charge in [0.15, 0.2) is 0 Å². The third-order valence-electron chi connectivity index (χ3n) is 4.89. The fraction of sp³-hybridized carbons (Fsp3) is 0.286. The zero-order valence-corrected chi connectivity index (χ0v) is 15.7. The molecule has 2 aromatic carbocycles. The van der Waals surface area contributed by atoms with Crippen molar-refractivity contribution in [2.75, 3.05) is 6.54 Å². The molecule has 7 heteroatoms. The van der Waals surface area contributed by atoms with Gasteiger partial charge in [-0.1, -0.05) is 66.7 Å². The number of hydroxylamine groups is 1. The van der Waals surface area contributed by atoms with E-state index < -0.39 is 23.5 Å². The van der Waals surface area contributed by atoms with Crippen molar-refractivity contribution < 1.29 is 23.9 Å². The predicted octanol–water partition coefficient (Wildman–Crippen LogP) is 3.24. The van der Waals surface area contributed by atoms with E-state index in [1.807, 2.05) is 54.6 Å². The molecule has 5 nitrogen and oxygen atoms in total. The summed E-state index contributed by atoms with van der Waals surface area (Å²) in [7, 11) is 0. The molecule has 0 saturated heterocycles. The second-order valence-corrected chi connectivity index (χ2v) is 6.79. The Balaban J connectivity index is 2.06. The van der Waals surface area contributed by atoms with Gasteiger partial charge in [0.1, 0.15) is 11.1 Å². The summed E-state index contributed by atoms with van der Waals surface area (Å²) in [6.07, 6.45) is 0.204. The van der Waals surface area contributed by atoms with E-state index in [9.17, 15) is 18.7 Å². The molecular formula is C21H24F2N2O3. The van der Waals surface area contributed by atoms with Crippen LogP contribution in [0.15, 0.2) is 60.7 Å². The summed E-state index contributed by atoms with van der Waals surface area (Å²) in [4.78, 5) is 11.9. The molecule has 2 unspecified atom stereocenters. The first-order valence-corrected chi connectivity index (χ1v) is 8.74. The number of hydrogen-bond acceptors (Lipinski definition) is 4. The first kappa shape index (κ1) is 21.7. The van der Waals surface area contributed by atoms with Crippen LogP contribution in [0.5, 0.6) is 0 Å². The van der Waals surface area contributed by atoms with Crippen LogP contribution in [-0.4, -0.2) is 40.3 Å². The van der Waals surface area contributed by atoms with Crippen LogP contribution < -0.4 is 10.8 Å². The maximum atomic E-state index is 13.2. The van der Waals surface area contributed by atoms with Gasteiger partial charge in [-0.15, -0.1) is 0 Å². The van der Waals surface area contributed by atoms with Crippen molar-refractivity contribution in [1.82, 2.24) is 10.8 Å². The molecule has 2 atom stereocenters. The van der Waals surface area contributed by atoms with Gasteiger partial charge in [0.25, 0.3) is 12.3 Å². The number of rotatable bonds is 8. The van der Waals surface area contributed by atoms with E-state index in [-0.39, 0.29) is 6.54 Å². The number of benzene rings is 2. The maximum Gasteiger partial charge on any atom is 0.268 e. The number of halogens is 2. The Labute approximate surface area is 162 Å². The molecule has 0 aromatic heterocycles. The van der Waals surface area contributed by atoms with Gasteiger partial charge in [-0.2, -0.15) is 0 Å². The topological polar surface area (TPSA) is 81.6 Å². The van der Waals surface area contributed by atoms with Gasteiger partial charge in [0.05, 0.1) is 0 Å². The summed E-state index contributed by atoms with van der Waals surface area (Å²) in [5.74, 6) is -1.15. The molecule has 0 heterocycles. The highest BCUT2D eigenvalue weighted by Crippen LogP contribution is 2.29. The number of alkyl halides is 2. The van der Waals surface area contributed by atoms with Crippen LogP contribution >= 0.6 is 0 Å². The molecule has 4 N–H and O–H groups in total. The van der Waals surface area contributed by atoms with Crippen molar-refractivity contribution in [2.45, 2.75) is 31.4 Å². The average Bonchev–Trinajstić information content (AvgIpc) is 2.71. The van der Waals surface area contributed by atoms with E-state index in [2.05, 4.69) is 5.32 Å². The zero-order valence-electron chi connectivity index (χ0n) is 15.7. The van der Waals surface area contributed by atoms with Gasteiger partial charge >= 0.3 is 0 Å².